The topological polar surface area (TPSA) is 86.2 Å². The lowest BCUT2D eigenvalue weighted by Gasteiger charge is -2.14. The van der Waals surface area contributed by atoms with Crippen LogP contribution in [0.2, 0.25) is 0 Å². The molecule has 4 heteroatoms. The highest BCUT2D eigenvalue weighted by Gasteiger charge is 2.26. The van der Waals surface area contributed by atoms with Crippen molar-refractivity contribution in [1.82, 2.24) is 0 Å². The third kappa shape index (κ3) is 2.78. The fourth-order valence-corrected chi connectivity index (χ4v) is 2.63. The Balaban J connectivity index is 2.31. The predicted molar refractivity (Wildman–Crippen MR) is 74.8 cm³/mol. The van der Waals surface area contributed by atoms with E-state index in [0.717, 1.165) is 31.2 Å². The van der Waals surface area contributed by atoms with E-state index in [1.54, 1.807) is 25.1 Å². The molecule has 19 heavy (non-hydrogen) atoms. The van der Waals surface area contributed by atoms with Crippen LogP contribution in [0.3, 0.4) is 0 Å². The number of carbonyl (C=O) groups excluding carboxylic acids is 2. The molecule has 1 amide bonds. The Hall–Kier alpha value is -1.84. The zero-order valence-corrected chi connectivity index (χ0v) is 11.2. The summed E-state index contributed by atoms with van der Waals surface area (Å²) in [6.45, 7) is 1.73. The first kappa shape index (κ1) is 13.6. The van der Waals surface area contributed by atoms with Gasteiger partial charge < -0.3 is 11.5 Å². The Morgan fingerprint density at radius 3 is 2.47 bits per heavy atom. The van der Waals surface area contributed by atoms with Gasteiger partial charge in [0.15, 0.2) is 5.78 Å². The van der Waals surface area contributed by atoms with Crippen LogP contribution in [-0.4, -0.2) is 11.7 Å². The van der Waals surface area contributed by atoms with Crippen molar-refractivity contribution in [3.63, 3.8) is 0 Å². The molecule has 0 aromatic heterocycles. The Morgan fingerprint density at radius 2 is 1.89 bits per heavy atom. The highest BCUT2D eigenvalue weighted by Crippen LogP contribution is 2.31. The molecule has 1 aliphatic carbocycles. The van der Waals surface area contributed by atoms with E-state index in [1.807, 2.05) is 0 Å². The number of ketones is 1. The minimum Gasteiger partial charge on any atom is -0.398 e. The van der Waals surface area contributed by atoms with Gasteiger partial charge in [-0.15, -0.1) is 0 Å². The number of nitrogens with two attached hydrogens (primary N) is 2. The summed E-state index contributed by atoms with van der Waals surface area (Å²) >= 11 is 0. The number of benzene rings is 1. The van der Waals surface area contributed by atoms with Crippen LogP contribution >= 0.6 is 0 Å². The van der Waals surface area contributed by atoms with Gasteiger partial charge in [0.25, 0.3) is 0 Å². The monoisotopic (exact) mass is 260 g/mol. The number of primary amides is 1. The van der Waals surface area contributed by atoms with E-state index in [4.69, 9.17) is 11.5 Å². The second-order valence-electron chi connectivity index (χ2n) is 5.32. The Morgan fingerprint density at radius 1 is 1.26 bits per heavy atom. The number of nitrogen functional groups attached to an aromatic ring is 1. The summed E-state index contributed by atoms with van der Waals surface area (Å²) in [4.78, 5) is 23.6. The fraction of sp³-hybridized carbons (Fsp3) is 0.467. The van der Waals surface area contributed by atoms with Crippen molar-refractivity contribution in [2.45, 2.75) is 38.5 Å². The first-order valence-electron chi connectivity index (χ1n) is 6.73. The summed E-state index contributed by atoms with van der Waals surface area (Å²) in [6.07, 6.45) is 4.09. The zero-order valence-electron chi connectivity index (χ0n) is 11.2. The molecule has 2 rings (SSSR count). The lowest BCUT2D eigenvalue weighted by Crippen LogP contribution is -2.20. The molecule has 0 bridgehead atoms. The van der Waals surface area contributed by atoms with Gasteiger partial charge in [-0.3, -0.25) is 9.59 Å². The number of amides is 1. The van der Waals surface area contributed by atoms with E-state index in [2.05, 4.69) is 0 Å². The molecule has 1 unspecified atom stereocenters. The average molecular weight is 260 g/mol. The second kappa shape index (κ2) is 5.43. The minimum absolute atomic E-state index is 0.0847. The molecule has 1 aromatic rings. The quantitative estimate of drug-likeness (QED) is 0.643. The SMILES string of the molecule is CC(C(N)=O)c1ccc(N)c(C(=O)C2CCCC2)c1. The van der Waals surface area contributed by atoms with Gasteiger partial charge in [-0.25, -0.2) is 0 Å². The fourth-order valence-electron chi connectivity index (χ4n) is 2.63. The minimum atomic E-state index is -0.407. The summed E-state index contributed by atoms with van der Waals surface area (Å²) in [5.74, 6) is -0.616. The molecule has 1 saturated carbocycles. The predicted octanol–water partition coefficient (Wildman–Crippen LogP) is 2.23. The number of hydrogen-bond donors (Lipinski definition) is 2. The maximum atomic E-state index is 12.4. The van der Waals surface area contributed by atoms with Crippen LogP contribution in [0, 0.1) is 5.92 Å². The van der Waals surface area contributed by atoms with Gasteiger partial charge in [-0.2, -0.15) is 0 Å². The lowest BCUT2D eigenvalue weighted by atomic mass is 9.91. The van der Waals surface area contributed by atoms with Gasteiger partial charge in [0.05, 0.1) is 5.92 Å². The molecule has 0 saturated heterocycles. The Bertz CT molecular complexity index is 505. The van der Waals surface area contributed by atoms with Gasteiger partial charge in [-0.05, 0) is 37.5 Å². The summed E-state index contributed by atoms with van der Waals surface area (Å²) in [7, 11) is 0. The molecule has 4 nitrogen and oxygen atoms in total. The maximum absolute atomic E-state index is 12.4. The van der Waals surface area contributed by atoms with E-state index < -0.39 is 11.8 Å². The van der Waals surface area contributed by atoms with Crippen LogP contribution < -0.4 is 11.5 Å². The summed E-state index contributed by atoms with van der Waals surface area (Å²) < 4.78 is 0. The molecule has 4 N–H and O–H groups in total. The van der Waals surface area contributed by atoms with E-state index in [-0.39, 0.29) is 11.7 Å². The van der Waals surface area contributed by atoms with E-state index in [9.17, 15) is 9.59 Å². The smallest absolute Gasteiger partial charge is 0.224 e. The van der Waals surface area contributed by atoms with Crippen LogP contribution in [0.4, 0.5) is 5.69 Å². The number of carbonyl (C=O) groups is 2. The van der Waals surface area contributed by atoms with Crippen molar-refractivity contribution in [1.29, 1.82) is 0 Å². The van der Waals surface area contributed by atoms with Crippen molar-refractivity contribution in [2.75, 3.05) is 5.73 Å². The highest BCUT2D eigenvalue weighted by atomic mass is 16.1. The van der Waals surface area contributed by atoms with Crippen molar-refractivity contribution in [3.8, 4) is 0 Å². The molecule has 1 atom stereocenters. The van der Waals surface area contributed by atoms with Crippen LogP contribution in [-0.2, 0) is 4.79 Å². The molecular formula is C15H20N2O2. The van der Waals surface area contributed by atoms with Crippen molar-refractivity contribution < 1.29 is 9.59 Å². The van der Waals surface area contributed by atoms with Crippen molar-refractivity contribution >= 4 is 17.4 Å². The molecule has 102 valence electrons. The molecular weight excluding hydrogens is 240 g/mol. The molecule has 0 spiro atoms. The van der Waals surface area contributed by atoms with Gasteiger partial charge in [-0.1, -0.05) is 18.9 Å². The van der Waals surface area contributed by atoms with Crippen LogP contribution in [0.15, 0.2) is 18.2 Å². The van der Waals surface area contributed by atoms with Gasteiger partial charge in [0, 0.05) is 17.2 Å². The maximum Gasteiger partial charge on any atom is 0.224 e. The van der Waals surface area contributed by atoms with Crippen LogP contribution in [0.1, 0.15) is 54.4 Å². The molecule has 0 aliphatic heterocycles. The average Bonchev–Trinajstić information content (AvgIpc) is 2.91. The first-order valence-corrected chi connectivity index (χ1v) is 6.73. The summed E-state index contributed by atoms with van der Waals surface area (Å²) in [5.41, 5.74) is 13.0. The van der Waals surface area contributed by atoms with Crippen molar-refractivity contribution in [3.05, 3.63) is 29.3 Å². The largest absolute Gasteiger partial charge is 0.398 e. The van der Waals surface area contributed by atoms with Crippen molar-refractivity contribution in [2.24, 2.45) is 11.7 Å². The third-order valence-corrected chi connectivity index (χ3v) is 4.00. The lowest BCUT2D eigenvalue weighted by molar-refractivity contribution is -0.119. The number of anilines is 1. The molecule has 1 aromatic carbocycles. The summed E-state index contributed by atoms with van der Waals surface area (Å²) in [5, 5.41) is 0. The van der Waals surface area contributed by atoms with E-state index >= 15 is 0 Å². The molecule has 1 aliphatic rings. The molecule has 1 fully saturated rings. The molecule has 0 heterocycles. The first-order chi connectivity index (χ1) is 9.00. The number of rotatable bonds is 4. The number of hydrogen-bond acceptors (Lipinski definition) is 3. The summed E-state index contributed by atoms with van der Waals surface area (Å²) in [6, 6.07) is 5.18. The number of Topliss-reactive ketones (excluding diaryl/α,β-unsaturated/α-hetero) is 1. The zero-order chi connectivity index (χ0) is 14.0. The highest BCUT2D eigenvalue weighted by molar-refractivity contribution is 6.02. The standard InChI is InChI=1S/C15H20N2O2/c1-9(15(17)19)11-6-7-13(16)12(8-11)14(18)10-4-2-3-5-10/h6-10H,2-5,16H2,1H3,(H2,17,19). The second-order valence-corrected chi connectivity index (χ2v) is 5.32. The van der Waals surface area contributed by atoms with Gasteiger partial charge in [0.1, 0.15) is 0 Å². The van der Waals surface area contributed by atoms with Crippen LogP contribution in [0.25, 0.3) is 0 Å². The molecule has 0 radical (unpaired) electrons. The van der Waals surface area contributed by atoms with Gasteiger partial charge >= 0.3 is 0 Å². The van der Waals surface area contributed by atoms with E-state index in [0.29, 0.717) is 11.3 Å². The third-order valence-electron chi connectivity index (χ3n) is 4.00. The normalized spacial score (nSPS) is 17.3. The van der Waals surface area contributed by atoms with Crippen LogP contribution in [0.5, 0.6) is 0 Å². The van der Waals surface area contributed by atoms with E-state index in [1.165, 1.54) is 0 Å². The Labute approximate surface area is 113 Å². The van der Waals surface area contributed by atoms with Gasteiger partial charge in [0.2, 0.25) is 5.91 Å². The Kier molecular flexibility index (Phi) is 3.88.